The molecule has 30 heavy (non-hydrogen) atoms. The Morgan fingerprint density at radius 2 is 1.33 bits per heavy atom. The van der Waals surface area contributed by atoms with Crippen molar-refractivity contribution in [2.45, 2.75) is 25.8 Å². The molecule has 3 aromatic carbocycles. The average molecular weight is 398 g/mol. The fourth-order valence-corrected chi connectivity index (χ4v) is 4.13. The fraction of sp³-hybridized carbons (Fsp3) is 0.192. The average Bonchev–Trinajstić information content (AvgIpc) is 3.12. The van der Waals surface area contributed by atoms with Crippen LogP contribution in [0, 0.1) is 6.92 Å². The smallest absolute Gasteiger partial charge is 0.138 e. The van der Waals surface area contributed by atoms with E-state index in [2.05, 4.69) is 36.5 Å². The lowest BCUT2D eigenvalue weighted by molar-refractivity contribution is 0.187. The second kappa shape index (κ2) is 8.56. The Morgan fingerprint density at radius 3 is 1.80 bits per heavy atom. The number of aryl methyl sites for hydroxylation is 1. The maximum Gasteiger partial charge on any atom is 0.138 e. The van der Waals surface area contributed by atoms with Crippen LogP contribution in [0.5, 0.6) is 0 Å². The zero-order valence-electron chi connectivity index (χ0n) is 17.4. The van der Waals surface area contributed by atoms with Crippen molar-refractivity contribution < 1.29 is 5.11 Å². The van der Waals surface area contributed by atoms with Crippen molar-refractivity contribution in [3.63, 3.8) is 0 Å². The quantitative estimate of drug-likeness (QED) is 0.446. The third kappa shape index (κ3) is 3.40. The van der Waals surface area contributed by atoms with Crippen LogP contribution in [0.15, 0.2) is 91.0 Å². The van der Waals surface area contributed by atoms with Gasteiger partial charge in [-0.2, -0.15) is 5.10 Å². The van der Waals surface area contributed by atoms with Crippen LogP contribution >= 0.6 is 0 Å². The lowest BCUT2D eigenvalue weighted by Gasteiger charge is -2.35. The number of anilines is 2. The van der Waals surface area contributed by atoms with Gasteiger partial charge in [0, 0.05) is 11.3 Å². The Morgan fingerprint density at radius 1 is 0.833 bits per heavy atom. The number of aromatic nitrogens is 2. The largest absolute Gasteiger partial charge is 0.393 e. The number of hydrogen-bond acceptors (Lipinski definition) is 3. The minimum Gasteiger partial charge on any atom is -0.393 e. The molecule has 0 fully saturated rings. The number of nitrogens with zero attached hydrogens (tertiary/aromatic N) is 2. The summed E-state index contributed by atoms with van der Waals surface area (Å²) in [5.41, 5.74) is 4.21. The van der Waals surface area contributed by atoms with Crippen molar-refractivity contribution in [2.75, 3.05) is 11.9 Å². The first-order chi connectivity index (χ1) is 14.7. The van der Waals surface area contributed by atoms with Crippen molar-refractivity contribution in [3.8, 4) is 0 Å². The van der Waals surface area contributed by atoms with Crippen LogP contribution in [0.2, 0.25) is 0 Å². The van der Waals surface area contributed by atoms with Gasteiger partial charge in [0.2, 0.25) is 0 Å². The highest BCUT2D eigenvalue weighted by molar-refractivity contribution is 5.62. The third-order valence-corrected chi connectivity index (χ3v) is 5.67. The van der Waals surface area contributed by atoms with E-state index < -0.39 is 5.54 Å². The van der Waals surface area contributed by atoms with E-state index in [4.69, 9.17) is 5.10 Å². The van der Waals surface area contributed by atoms with Gasteiger partial charge in [-0.15, -0.1) is 0 Å². The van der Waals surface area contributed by atoms with Gasteiger partial charge in [-0.1, -0.05) is 85.8 Å². The van der Waals surface area contributed by atoms with Gasteiger partial charge >= 0.3 is 0 Å². The molecule has 4 nitrogen and oxygen atoms in total. The fourth-order valence-electron chi connectivity index (χ4n) is 4.13. The van der Waals surface area contributed by atoms with E-state index in [-0.39, 0.29) is 6.61 Å². The summed E-state index contributed by atoms with van der Waals surface area (Å²) >= 11 is 0. The van der Waals surface area contributed by atoms with Gasteiger partial charge in [0.05, 0.1) is 12.3 Å². The monoisotopic (exact) mass is 397 g/mol. The lowest BCUT2D eigenvalue weighted by atomic mass is 9.83. The summed E-state index contributed by atoms with van der Waals surface area (Å²) in [5, 5.41) is 19.5. The highest BCUT2D eigenvalue weighted by Crippen LogP contribution is 2.39. The van der Waals surface area contributed by atoms with E-state index >= 15 is 0 Å². The van der Waals surface area contributed by atoms with E-state index in [1.165, 1.54) is 0 Å². The molecule has 0 aliphatic carbocycles. The molecule has 152 valence electrons. The van der Waals surface area contributed by atoms with Crippen LogP contribution in [0.25, 0.3) is 0 Å². The Labute approximate surface area is 177 Å². The van der Waals surface area contributed by atoms with Gasteiger partial charge in [-0.05, 0) is 36.6 Å². The maximum absolute atomic E-state index is 10.9. The molecular formula is C26H27N3O. The van der Waals surface area contributed by atoms with E-state index in [0.717, 1.165) is 40.3 Å². The molecule has 0 aliphatic heterocycles. The zero-order valence-corrected chi connectivity index (χ0v) is 17.4. The van der Waals surface area contributed by atoms with Crippen molar-refractivity contribution in [3.05, 3.63) is 113 Å². The molecule has 0 aliphatic rings. The molecule has 0 radical (unpaired) electrons. The summed E-state index contributed by atoms with van der Waals surface area (Å²) in [6, 6.07) is 30.3. The molecular weight excluding hydrogens is 370 g/mol. The topological polar surface area (TPSA) is 50.1 Å². The zero-order chi connectivity index (χ0) is 21.0. The Bertz CT molecular complexity index is 1050. The Hall–Kier alpha value is -3.37. The summed E-state index contributed by atoms with van der Waals surface area (Å²) in [6.07, 6.45) is 0.839. The van der Waals surface area contributed by atoms with Crippen LogP contribution in [0.1, 0.15) is 29.3 Å². The Balaban J connectivity index is 2.01. The predicted octanol–water partition coefficient (Wildman–Crippen LogP) is 5.28. The maximum atomic E-state index is 10.9. The van der Waals surface area contributed by atoms with Crippen LogP contribution in [0.3, 0.4) is 0 Å². The van der Waals surface area contributed by atoms with Gasteiger partial charge in [0.25, 0.3) is 0 Å². The molecule has 0 bridgehead atoms. The van der Waals surface area contributed by atoms with Crippen LogP contribution in [-0.2, 0) is 12.0 Å². The first-order valence-electron chi connectivity index (χ1n) is 10.3. The molecule has 0 atom stereocenters. The molecule has 0 unspecified atom stereocenters. The first-order valence-corrected chi connectivity index (χ1v) is 10.3. The van der Waals surface area contributed by atoms with Crippen molar-refractivity contribution in [2.24, 2.45) is 0 Å². The minimum atomic E-state index is -0.849. The molecule has 4 aromatic rings. The van der Waals surface area contributed by atoms with Crippen LogP contribution in [0.4, 0.5) is 11.5 Å². The van der Waals surface area contributed by atoms with Crippen LogP contribution in [-0.4, -0.2) is 21.5 Å². The van der Waals surface area contributed by atoms with Crippen molar-refractivity contribution in [1.29, 1.82) is 0 Å². The third-order valence-electron chi connectivity index (χ3n) is 5.67. The van der Waals surface area contributed by atoms with E-state index in [0.29, 0.717) is 0 Å². The van der Waals surface area contributed by atoms with Gasteiger partial charge < -0.3 is 10.4 Å². The molecule has 0 saturated heterocycles. The summed E-state index contributed by atoms with van der Waals surface area (Å²) < 4.78 is 1.97. The van der Waals surface area contributed by atoms with Crippen molar-refractivity contribution in [1.82, 2.24) is 9.78 Å². The molecule has 2 N–H and O–H groups in total. The number of aliphatic hydroxyl groups is 1. The summed E-state index contributed by atoms with van der Waals surface area (Å²) in [5.74, 6) is 0.906. The highest BCUT2D eigenvalue weighted by Gasteiger charge is 2.39. The van der Waals surface area contributed by atoms with Gasteiger partial charge in [-0.25, -0.2) is 4.68 Å². The number of aliphatic hydroxyl groups excluding tert-OH is 1. The normalized spacial score (nSPS) is 11.4. The summed E-state index contributed by atoms with van der Waals surface area (Å²) in [6.45, 7) is 4.05. The van der Waals surface area contributed by atoms with Gasteiger partial charge in [0.15, 0.2) is 0 Å². The second-order valence-corrected chi connectivity index (χ2v) is 7.42. The minimum absolute atomic E-state index is 0.116. The van der Waals surface area contributed by atoms with Crippen molar-refractivity contribution >= 4 is 11.5 Å². The lowest BCUT2D eigenvalue weighted by Crippen LogP contribution is -2.41. The summed E-state index contributed by atoms with van der Waals surface area (Å²) in [7, 11) is 0. The molecule has 1 heterocycles. The standard InChI is InChI=1S/C26H27N3O/c1-3-24-20(2)28-29(25(24)27-23-17-11-6-12-18-23)26(19-30,21-13-7-4-8-14-21)22-15-9-5-10-16-22/h4-18,27,30H,3,19H2,1-2H3. The number of hydrogen-bond donors (Lipinski definition) is 2. The summed E-state index contributed by atoms with van der Waals surface area (Å²) in [4.78, 5) is 0. The predicted molar refractivity (Wildman–Crippen MR) is 122 cm³/mol. The second-order valence-electron chi connectivity index (χ2n) is 7.42. The SMILES string of the molecule is CCc1c(C)nn(C(CO)(c2ccccc2)c2ccccc2)c1Nc1ccccc1. The number of benzene rings is 3. The van der Waals surface area contributed by atoms with E-state index in [1.54, 1.807) is 0 Å². The number of para-hydroxylation sites is 1. The molecule has 0 spiro atoms. The molecule has 4 rings (SSSR count). The van der Waals surface area contributed by atoms with E-state index in [9.17, 15) is 5.11 Å². The van der Waals surface area contributed by atoms with E-state index in [1.807, 2.05) is 78.3 Å². The number of rotatable bonds is 7. The highest BCUT2D eigenvalue weighted by atomic mass is 16.3. The van der Waals surface area contributed by atoms with Crippen LogP contribution < -0.4 is 5.32 Å². The molecule has 4 heteroatoms. The Kier molecular flexibility index (Phi) is 5.68. The number of nitrogens with one attached hydrogen (secondary N) is 1. The molecule has 0 saturated carbocycles. The molecule has 1 aromatic heterocycles. The molecule has 0 amide bonds. The van der Waals surface area contributed by atoms with Gasteiger partial charge in [0.1, 0.15) is 11.4 Å². The van der Waals surface area contributed by atoms with Gasteiger partial charge in [-0.3, -0.25) is 0 Å². The first kappa shape index (κ1) is 19.9.